The number of halogens is 2. The first-order chi connectivity index (χ1) is 12.1. The SMILES string of the molecule is CCNC(=NCCS(=O)(=O)C(C)(C)C)N(C)CCOc1cccc(Cl)c1.I. The molecule has 6 nitrogen and oxygen atoms in total. The lowest BCUT2D eigenvalue weighted by atomic mass is 10.3. The zero-order valence-electron chi connectivity index (χ0n) is 16.7. The van der Waals surface area contributed by atoms with Crippen molar-refractivity contribution in [3.05, 3.63) is 29.3 Å². The van der Waals surface area contributed by atoms with Gasteiger partial charge in [-0.2, -0.15) is 0 Å². The predicted molar refractivity (Wildman–Crippen MR) is 125 cm³/mol. The standard InChI is InChI=1S/C18H30ClN3O3S.HI/c1-6-20-17(21-10-13-26(23,24)18(2,3)4)22(5)11-12-25-16-9-7-8-15(19)14-16;/h7-9,14H,6,10-13H2,1-5H3,(H,20,21);1H. The molecule has 0 saturated heterocycles. The summed E-state index contributed by atoms with van der Waals surface area (Å²) in [6.45, 7) is 9.07. The van der Waals surface area contributed by atoms with Crippen molar-refractivity contribution in [1.82, 2.24) is 10.2 Å². The molecule has 1 N–H and O–H groups in total. The summed E-state index contributed by atoms with van der Waals surface area (Å²) in [6, 6.07) is 7.24. The Morgan fingerprint density at radius 1 is 1.33 bits per heavy atom. The Labute approximate surface area is 185 Å². The van der Waals surface area contributed by atoms with E-state index < -0.39 is 14.6 Å². The first-order valence-electron chi connectivity index (χ1n) is 8.67. The number of nitrogens with one attached hydrogen (secondary N) is 1. The molecule has 27 heavy (non-hydrogen) atoms. The van der Waals surface area contributed by atoms with Crippen LogP contribution in [0.5, 0.6) is 5.75 Å². The van der Waals surface area contributed by atoms with Gasteiger partial charge in [0.05, 0.1) is 23.6 Å². The highest BCUT2D eigenvalue weighted by Crippen LogP contribution is 2.17. The molecule has 0 atom stereocenters. The fourth-order valence-corrected chi connectivity index (χ4v) is 3.14. The second kappa shape index (κ2) is 12.0. The highest BCUT2D eigenvalue weighted by Gasteiger charge is 2.28. The summed E-state index contributed by atoms with van der Waals surface area (Å²) in [5.41, 5.74) is 0. The lowest BCUT2D eigenvalue weighted by molar-refractivity contribution is 0.281. The minimum Gasteiger partial charge on any atom is -0.492 e. The van der Waals surface area contributed by atoms with E-state index in [4.69, 9.17) is 16.3 Å². The topological polar surface area (TPSA) is 71.0 Å². The van der Waals surface area contributed by atoms with Crippen molar-refractivity contribution >= 4 is 51.4 Å². The molecule has 1 aromatic carbocycles. The van der Waals surface area contributed by atoms with Crippen LogP contribution < -0.4 is 10.1 Å². The van der Waals surface area contributed by atoms with Gasteiger partial charge in [-0.3, -0.25) is 4.99 Å². The number of aliphatic imine (C=N–C) groups is 1. The summed E-state index contributed by atoms with van der Waals surface area (Å²) < 4.78 is 29.3. The fourth-order valence-electron chi connectivity index (χ4n) is 2.01. The van der Waals surface area contributed by atoms with Gasteiger partial charge in [0.25, 0.3) is 0 Å². The van der Waals surface area contributed by atoms with Gasteiger partial charge in [-0.25, -0.2) is 8.42 Å². The van der Waals surface area contributed by atoms with Crippen LogP contribution >= 0.6 is 35.6 Å². The molecule has 0 saturated carbocycles. The number of guanidine groups is 1. The van der Waals surface area contributed by atoms with E-state index in [2.05, 4.69) is 10.3 Å². The number of rotatable bonds is 8. The van der Waals surface area contributed by atoms with E-state index in [1.54, 1.807) is 32.9 Å². The van der Waals surface area contributed by atoms with Crippen molar-refractivity contribution in [3.63, 3.8) is 0 Å². The zero-order valence-corrected chi connectivity index (χ0v) is 20.6. The number of ether oxygens (including phenoxy) is 1. The van der Waals surface area contributed by atoms with Crippen LogP contribution in [0.2, 0.25) is 5.02 Å². The number of hydrogen-bond donors (Lipinski definition) is 1. The molecule has 0 bridgehead atoms. The summed E-state index contributed by atoms with van der Waals surface area (Å²) in [7, 11) is -1.29. The fraction of sp³-hybridized carbons (Fsp3) is 0.611. The molecule has 0 spiro atoms. The highest BCUT2D eigenvalue weighted by molar-refractivity contribution is 14.0. The van der Waals surface area contributed by atoms with Crippen molar-refractivity contribution in [3.8, 4) is 5.75 Å². The predicted octanol–water partition coefficient (Wildman–Crippen LogP) is 3.45. The van der Waals surface area contributed by atoms with Crippen LogP contribution in [-0.4, -0.2) is 63.1 Å². The third-order valence-electron chi connectivity index (χ3n) is 3.74. The molecule has 1 rings (SSSR count). The Morgan fingerprint density at radius 2 is 2.00 bits per heavy atom. The summed E-state index contributed by atoms with van der Waals surface area (Å²) >= 11 is 5.94. The first kappa shape index (κ1) is 26.3. The van der Waals surface area contributed by atoms with E-state index >= 15 is 0 Å². The van der Waals surface area contributed by atoms with Crippen LogP contribution in [0.3, 0.4) is 0 Å². The Morgan fingerprint density at radius 3 is 2.56 bits per heavy atom. The van der Waals surface area contributed by atoms with Crippen LogP contribution in [0.1, 0.15) is 27.7 Å². The monoisotopic (exact) mass is 531 g/mol. The zero-order chi connectivity index (χ0) is 19.8. The van der Waals surface area contributed by atoms with Crippen molar-refractivity contribution in [1.29, 1.82) is 0 Å². The van der Waals surface area contributed by atoms with E-state index in [-0.39, 0.29) is 36.3 Å². The number of hydrogen-bond acceptors (Lipinski definition) is 4. The van der Waals surface area contributed by atoms with Crippen molar-refractivity contribution in [2.75, 3.05) is 39.0 Å². The van der Waals surface area contributed by atoms with Gasteiger partial charge in [0, 0.05) is 18.6 Å². The minimum absolute atomic E-state index is 0. The summed E-state index contributed by atoms with van der Waals surface area (Å²) in [5, 5.41) is 3.80. The Hall–Kier alpha value is -0.740. The van der Waals surface area contributed by atoms with E-state index in [1.165, 1.54) is 0 Å². The molecule has 0 fully saturated rings. The number of likely N-dealkylation sites (N-methyl/N-ethyl adjacent to an activating group) is 1. The van der Waals surface area contributed by atoms with Crippen LogP contribution in [0.25, 0.3) is 0 Å². The maximum atomic E-state index is 12.2. The minimum atomic E-state index is -3.18. The van der Waals surface area contributed by atoms with Gasteiger partial charge in [-0.1, -0.05) is 17.7 Å². The first-order valence-corrected chi connectivity index (χ1v) is 10.7. The third kappa shape index (κ3) is 9.34. The number of benzene rings is 1. The van der Waals surface area contributed by atoms with Gasteiger partial charge >= 0.3 is 0 Å². The van der Waals surface area contributed by atoms with Crippen LogP contribution in [0.15, 0.2) is 29.3 Å². The lowest BCUT2D eigenvalue weighted by Gasteiger charge is -2.23. The average molecular weight is 532 g/mol. The molecule has 0 heterocycles. The van der Waals surface area contributed by atoms with Gasteiger partial charge in [-0.05, 0) is 45.9 Å². The molecule has 1 aromatic rings. The molecule has 0 aliphatic rings. The largest absolute Gasteiger partial charge is 0.492 e. The molecule has 0 unspecified atom stereocenters. The van der Waals surface area contributed by atoms with E-state index in [0.717, 1.165) is 0 Å². The molecule has 0 radical (unpaired) electrons. The van der Waals surface area contributed by atoms with Crippen molar-refractivity contribution in [2.24, 2.45) is 4.99 Å². The molecule has 9 heteroatoms. The number of sulfone groups is 1. The highest BCUT2D eigenvalue weighted by atomic mass is 127. The van der Waals surface area contributed by atoms with Gasteiger partial charge < -0.3 is 15.0 Å². The maximum absolute atomic E-state index is 12.2. The smallest absolute Gasteiger partial charge is 0.193 e. The van der Waals surface area contributed by atoms with Gasteiger partial charge in [0.2, 0.25) is 0 Å². The molecule has 0 aliphatic heterocycles. The van der Waals surface area contributed by atoms with Crippen molar-refractivity contribution < 1.29 is 13.2 Å². The van der Waals surface area contributed by atoms with Crippen LogP contribution in [0.4, 0.5) is 0 Å². The normalized spacial score (nSPS) is 12.3. The Balaban J connectivity index is 0.00000676. The quantitative estimate of drug-likeness (QED) is 0.316. The van der Waals surface area contributed by atoms with E-state index in [0.29, 0.717) is 36.4 Å². The molecular formula is C18H31ClIN3O3S. The Kier molecular flexibility index (Phi) is 11.6. The second-order valence-corrected chi connectivity index (χ2v) is 10.2. The maximum Gasteiger partial charge on any atom is 0.193 e. The van der Waals surface area contributed by atoms with Gasteiger partial charge in [0.15, 0.2) is 15.8 Å². The second-order valence-electron chi connectivity index (χ2n) is 6.89. The summed E-state index contributed by atoms with van der Waals surface area (Å²) in [4.78, 5) is 6.34. The molecule has 156 valence electrons. The van der Waals surface area contributed by atoms with Gasteiger partial charge in [-0.15, -0.1) is 24.0 Å². The van der Waals surface area contributed by atoms with Gasteiger partial charge in [0.1, 0.15) is 12.4 Å². The number of nitrogens with zero attached hydrogens (tertiary/aromatic N) is 2. The Bertz CT molecular complexity index is 706. The van der Waals surface area contributed by atoms with Crippen LogP contribution in [-0.2, 0) is 9.84 Å². The summed E-state index contributed by atoms with van der Waals surface area (Å²) in [6.07, 6.45) is 0. The van der Waals surface area contributed by atoms with E-state index in [9.17, 15) is 8.42 Å². The average Bonchev–Trinajstić information content (AvgIpc) is 2.53. The lowest BCUT2D eigenvalue weighted by Crippen LogP contribution is -2.41. The van der Waals surface area contributed by atoms with E-state index in [1.807, 2.05) is 31.0 Å². The third-order valence-corrected chi connectivity index (χ3v) is 6.56. The molecular weight excluding hydrogens is 501 g/mol. The molecule has 0 amide bonds. The molecule has 0 aromatic heterocycles. The summed E-state index contributed by atoms with van der Waals surface area (Å²) in [5.74, 6) is 1.40. The van der Waals surface area contributed by atoms with Crippen molar-refractivity contribution in [2.45, 2.75) is 32.4 Å². The molecule has 0 aliphatic carbocycles. The van der Waals surface area contributed by atoms with Crippen LogP contribution in [0, 0.1) is 0 Å².